The maximum atomic E-state index is 6.66. The molecule has 4 nitrogen and oxygen atoms in total. The standard InChI is InChI=1S/C15H27N3O/c1-5-15(8-6-7-9-15)14(16)13-12(19-4)10-17-18(13)11(2)3/h10-11,14H,5-9,16H2,1-4H3. The van der Waals surface area contributed by atoms with E-state index in [1.54, 1.807) is 13.3 Å². The number of ether oxygens (including phenoxy) is 1. The molecule has 0 aromatic carbocycles. The van der Waals surface area contributed by atoms with Gasteiger partial charge in [0.25, 0.3) is 0 Å². The summed E-state index contributed by atoms with van der Waals surface area (Å²) in [4.78, 5) is 0. The molecule has 1 saturated carbocycles. The Morgan fingerprint density at radius 3 is 2.53 bits per heavy atom. The van der Waals surface area contributed by atoms with Crippen molar-refractivity contribution in [2.45, 2.75) is 65.0 Å². The fourth-order valence-electron chi connectivity index (χ4n) is 3.47. The topological polar surface area (TPSA) is 53.1 Å². The van der Waals surface area contributed by atoms with E-state index in [2.05, 4.69) is 25.9 Å². The number of nitrogens with zero attached hydrogens (tertiary/aromatic N) is 2. The molecule has 108 valence electrons. The van der Waals surface area contributed by atoms with Crippen LogP contribution in [0.25, 0.3) is 0 Å². The van der Waals surface area contributed by atoms with Crippen molar-refractivity contribution in [3.8, 4) is 5.75 Å². The van der Waals surface area contributed by atoms with Crippen molar-refractivity contribution < 1.29 is 4.74 Å². The van der Waals surface area contributed by atoms with E-state index in [9.17, 15) is 0 Å². The third-order valence-corrected chi connectivity index (χ3v) is 4.77. The Hall–Kier alpha value is -1.03. The lowest BCUT2D eigenvalue weighted by Gasteiger charge is -2.35. The zero-order valence-electron chi connectivity index (χ0n) is 12.6. The number of hydrogen-bond acceptors (Lipinski definition) is 3. The summed E-state index contributed by atoms with van der Waals surface area (Å²) in [6, 6.07) is 0.320. The van der Waals surface area contributed by atoms with E-state index in [1.165, 1.54) is 25.7 Å². The minimum atomic E-state index is 0.0137. The zero-order chi connectivity index (χ0) is 14.0. The lowest BCUT2D eigenvalue weighted by atomic mass is 9.75. The fourth-order valence-corrected chi connectivity index (χ4v) is 3.47. The summed E-state index contributed by atoms with van der Waals surface area (Å²) in [7, 11) is 1.70. The van der Waals surface area contributed by atoms with Crippen LogP contribution in [-0.4, -0.2) is 16.9 Å². The van der Waals surface area contributed by atoms with Gasteiger partial charge in [0, 0.05) is 6.04 Å². The van der Waals surface area contributed by atoms with Crippen molar-refractivity contribution in [1.29, 1.82) is 0 Å². The number of hydrogen-bond donors (Lipinski definition) is 1. The molecule has 1 atom stereocenters. The predicted molar refractivity (Wildman–Crippen MR) is 77.3 cm³/mol. The van der Waals surface area contributed by atoms with Crippen molar-refractivity contribution in [2.75, 3.05) is 7.11 Å². The predicted octanol–water partition coefficient (Wildman–Crippen LogP) is 3.44. The molecule has 2 N–H and O–H groups in total. The second-order valence-electron chi connectivity index (χ2n) is 6.04. The molecule has 0 spiro atoms. The van der Waals surface area contributed by atoms with Gasteiger partial charge in [-0.15, -0.1) is 0 Å². The van der Waals surface area contributed by atoms with Crippen LogP contribution in [0.5, 0.6) is 5.75 Å². The average molecular weight is 265 g/mol. The Labute approximate surface area is 116 Å². The molecule has 2 rings (SSSR count). The molecule has 1 aromatic rings. The number of methoxy groups -OCH3 is 1. The van der Waals surface area contributed by atoms with E-state index in [1.807, 2.05) is 4.68 Å². The summed E-state index contributed by atoms with van der Waals surface area (Å²) < 4.78 is 7.51. The summed E-state index contributed by atoms with van der Waals surface area (Å²) in [5.41, 5.74) is 7.96. The Morgan fingerprint density at radius 2 is 2.05 bits per heavy atom. The van der Waals surface area contributed by atoms with Crippen molar-refractivity contribution in [2.24, 2.45) is 11.1 Å². The fraction of sp³-hybridized carbons (Fsp3) is 0.800. The molecule has 1 aliphatic rings. The summed E-state index contributed by atoms with van der Waals surface area (Å²) in [5.74, 6) is 0.834. The van der Waals surface area contributed by atoms with Crippen molar-refractivity contribution in [3.63, 3.8) is 0 Å². The van der Waals surface area contributed by atoms with Crippen LogP contribution in [0.4, 0.5) is 0 Å². The molecule has 19 heavy (non-hydrogen) atoms. The molecular formula is C15H27N3O. The van der Waals surface area contributed by atoms with Gasteiger partial charge in [-0.25, -0.2) is 0 Å². The van der Waals surface area contributed by atoms with Crippen molar-refractivity contribution in [1.82, 2.24) is 9.78 Å². The van der Waals surface area contributed by atoms with Gasteiger partial charge < -0.3 is 10.5 Å². The largest absolute Gasteiger partial charge is 0.493 e. The Balaban J connectivity index is 2.41. The summed E-state index contributed by atoms with van der Waals surface area (Å²) in [6.45, 7) is 6.53. The van der Waals surface area contributed by atoms with E-state index in [-0.39, 0.29) is 11.5 Å². The Bertz CT molecular complexity index is 419. The lowest BCUT2D eigenvalue weighted by Crippen LogP contribution is -2.34. The smallest absolute Gasteiger partial charge is 0.161 e. The average Bonchev–Trinajstić information content (AvgIpc) is 3.04. The van der Waals surface area contributed by atoms with Crippen LogP contribution >= 0.6 is 0 Å². The van der Waals surface area contributed by atoms with Gasteiger partial charge in [-0.1, -0.05) is 19.8 Å². The molecule has 1 heterocycles. The first-order chi connectivity index (χ1) is 9.05. The monoisotopic (exact) mass is 265 g/mol. The van der Waals surface area contributed by atoms with Crippen LogP contribution in [0.2, 0.25) is 0 Å². The van der Waals surface area contributed by atoms with Gasteiger partial charge in [0.2, 0.25) is 0 Å². The molecule has 1 fully saturated rings. The van der Waals surface area contributed by atoms with E-state index >= 15 is 0 Å². The first-order valence-electron chi connectivity index (χ1n) is 7.42. The molecule has 1 aliphatic carbocycles. The summed E-state index contributed by atoms with van der Waals surface area (Å²) >= 11 is 0. The maximum absolute atomic E-state index is 6.66. The molecule has 4 heteroatoms. The van der Waals surface area contributed by atoms with Crippen LogP contribution in [0.3, 0.4) is 0 Å². The van der Waals surface area contributed by atoms with Crippen molar-refractivity contribution in [3.05, 3.63) is 11.9 Å². The lowest BCUT2D eigenvalue weighted by molar-refractivity contribution is 0.207. The van der Waals surface area contributed by atoms with Gasteiger partial charge in [-0.05, 0) is 38.5 Å². The van der Waals surface area contributed by atoms with Crippen LogP contribution in [0, 0.1) is 5.41 Å². The Kier molecular flexibility index (Phi) is 4.19. The highest BCUT2D eigenvalue weighted by Crippen LogP contribution is 2.50. The van der Waals surface area contributed by atoms with Crippen molar-refractivity contribution >= 4 is 0 Å². The van der Waals surface area contributed by atoms with Gasteiger partial charge in [0.15, 0.2) is 5.75 Å². The van der Waals surface area contributed by atoms with Gasteiger partial charge in [0.1, 0.15) is 0 Å². The normalized spacial score (nSPS) is 19.9. The molecule has 1 unspecified atom stereocenters. The van der Waals surface area contributed by atoms with Crippen LogP contribution < -0.4 is 10.5 Å². The molecule has 0 radical (unpaired) electrons. The van der Waals surface area contributed by atoms with E-state index in [0.29, 0.717) is 6.04 Å². The summed E-state index contributed by atoms with van der Waals surface area (Å²) in [6.07, 6.45) is 7.95. The molecule has 0 amide bonds. The Morgan fingerprint density at radius 1 is 1.42 bits per heavy atom. The van der Waals surface area contributed by atoms with Crippen LogP contribution in [0.1, 0.15) is 70.7 Å². The van der Waals surface area contributed by atoms with Gasteiger partial charge >= 0.3 is 0 Å². The highest BCUT2D eigenvalue weighted by Gasteiger charge is 2.41. The molecular weight excluding hydrogens is 238 g/mol. The second kappa shape index (κ2) is 5.53. The third-order valence-electron chi connectivity index (χ3n) is 4.77. The van der Waals surface area contributed by atoms with Gasteiger partial charge in [0.05, 0.1) is 25.0 Å². The maximum Gasteiger partial charge on any atom is 0.161 e. The number of nitrogens with two attached hydrogens (primary N) is 1. The third kappa shape index (κ3) is 2.38. The van der Waals surface area contributed by atoms with Crippen LogP contribution in [-0.2, 0) is 0 Å². The summed E-state index contributed by atoms with van der Waals surface area (Å²) in [5, 5.41) is 4.46. The van der Waals surface area contributed by atoms with E-state index in [0.717, 1.165) is 17.9 Å². The second-order valence-corrected chi connectivity index (χ2v) is 6.04. The molecule has 0 bridgehead atoms. The minimum Gasteiger partial charge on any atom is -0.493 e. The van der Waals surface area contributed by atoms with E-state index in [4.69, 9.17) is 10.5 Å². The number of aromatic nitrogens is 2. The zero-order valence-corrected chi connectivity index (χ0v) is 12.6. The molecule has 1 aromatic heterocycles. The highest BCUT2D eigenvalue weighted by atomic mass is 16.5. The minimum absolute atomic E-state index is 0.0137. The quantitative estimate of drug-likeness (QED) is 0.887. The molecule has 0 saturated heterocycles. The first-order valence-corrected chi connectivity index (χ1v) is 7.42. The van der Waals surface area contributed by atoms with Gasteiger partial charge in [-0.2, -0.15) is 5.10 Å². The number of rotatable bonds is 5. The molecule has 0 aliphatic heterocycles. The first kappa shape index (κ1) is 14.4. The van der Waals surface area contributed by atoms with Crippen LogP contribution in [0.15, 0.2) is 6.20 Å². The van der Waals surface area contributed by atoms with E-state index < -0.39 is 0 Å². The SMILES string of the molecule is CCC1(C(N)c2c(OC)cnn2C(C)C)CCCC1. The highest BCUT2D eigenvalue weighted by molar-refractivity contribution is 5.30. The van der Waals surface area contributed by atoms with Gasteiger partial charge in [-0.3, -0.25) is 4.68 Å².